The van der Waals surface area contributed by atoms with Crippen molar-refractivity contribution in [2.24, 2.45) is 0 Å². The maximum Gasteiger partial charge on any atom is 0.331 e. The minimum Gasteiger partial charge on any atom is -0.467 e. The summed E-state index contributed by atoms with van der Waals surface area (Å²) in [4.78, 5) is 13.6. The van der Waals surface area contributed by atoms with Crippen molar-refractivity contribution in [3.05, 3.63) is 18.2 Å². The van der Waals surface area contributed by atoms with Crippen LogP contribution in [0.25, 0.3) is 0 Å². The van der Waals surface area contributed by atoms with Crippen molar-refractivity contribution in [3.8, 4) is 11.5 Å². The third-order valence-electron chi connectivity index (χ3n) is 3.27. The predicted molar refractivity (Wildman–Crippen MR) is 67.1 cm³/mol. The summed E-state index contributed by atoms with van der Waals surface area (Å²) < 4.78 is 15.4. The molecule has 0 saturated carbocycles. The lowest BCUT2D eigenvalue weighted by molar-refractivity contribution is -0.145. The Kier molecular flexibility index (Phi) is 3.07. The average Bonchev–Trinajstić information content (AvgIpc) is 2.83. The van der Waals surface area contributed by atoms with Crippen LogP contribution in [0.5, 0.6) is 11.5 Å². The monoisotopic (exact) mass is 251 g/mol. The quantitative estimate of drug-likeness (QED) is 0.767. The van der Waals surface area contributed by atoms with E-state index in [1.807, 2.05) is 44.0 Å². The highest BCUT2D eigenvalue weighted by atomic mass is 16.7. The van der Waals surface area contributed by atoms with E-state index >= 15 is 0 Å². The molecular weight excluding hydrogens is 234 g/mol. The Hall–Kier alpha value is -1.91. The minimum atomic E-state index is -0.748. The number of methoxy groups -OCH3 is 1. The fraction of sp³-hybridized carbons (Fsp3) is 0.462. The number of esters is 1. The van der Waals surface area contributed by atoms with Gasteiger partial charge in [0.25, 0.3) is 0 Å². The summed E-state index contributed by atoms with van der Waals surface area (Å²) >= 11 is 0. The van der Waals surface area contributed by atoms with Crippen molar-refractivity contribution in [1.82, 2.24) is 0 Å². The molecule has 18 heavy (non-hydrogen) atoms. The van der Waals surface area contributed by atoms with E-state index in [0.29, 0.717) is 5.75 Å². The van der Waals surface area contributed by atoms with Crippen molar-refractivity contribution in [2.45, 2.75) is 19.4 Å². The van der Waals surface area contributed by atoms with Gasteiger partial charge in [0.05, 0.1) is 7.11 Å². The second-order valence-corrected chi connectivity index (χ2v) is 4.65. The molecule has 0 aliphatic carbocycles. The van der Waals surface area contributed by atoms with E-state index in [2.05, 4.69) is 0 Å². The first-order valence-electron chi connectivity index (χ1n) is 5.68. The average molecular weight is 251 g/mol. The lowest BCUT2D eigenvalue weighted by Crippen LogP contribution is -2.48. The van der Waals surface area contributed by atoms with Gasteiger partial charge in [0, 0.05) is 18.8 Å². The molecule has 0 N–H and O–H groups in total. The van der Waals surface area contributed by atoms with Crippen LogP contribution in [0.2, 0.25) is 0 Å². The first-order valence-corrected chi connectivity index (χ1v) is 5.68. The topological polar surface area (TPSA) is 48.0 Å². The summed E-state index contributed by atoms with van der Waals surface area (Å²) in [5.74, 6) is 1.13. The number of rotatable bonds is 3. The number of hydrogen-bond acceptors (Lipinski definition) is 5. The summed E-state index contributed by atoms with van der Waals surface area (Å²) in [6.07, 6.45) is 0. The first-order chi connectivity index (χ1) is 8.46. The van der Waals surface area contributed by atoms with E-state index in [4.69, 9.17) is 14.2 Å². The van der Waals surface area contributed by atoms with Gasteiger partial charge >= 0.3 is 5.97 Å². The van der Waals surface area contributed by atoms with Crippen molar-refractivity contribution >= 4 is 11.7 Å². The molecular formula is C13H17NO4. The molecule has 1 heterocycles. The summed E-state index contributed by atoms with van der Waals surface area (Å²) in [5.41, 5.74) is 0.122. The number of anilines is 1. The van der Waals surface area contributed by atoms with Gasteiger partial charge in [-0.05, 0) is 26.0 Å². The first kappa shape index (κ1) is 12.5. The number of benzene rings is 1. The molecule has 98 valence electrons. The van der Waals surface area contributed by atoms with Gasteiger partial charge in [0.15, 0.2) is 11.5 Å². The Morgan fingerprint density at radius 3 is 2.67 bits per heavy atom. The van der Waals surface area contributed by atoms with E-state index in [1.165, 1.54) is 7.11 Å². The van der Waals surface area contributed by atoms with Crippen molar-refractivity contribution in [1.29, 1.82) is 0 Å². The highest BCUT2D eigenvalue weighted by molar-refractivity contribution is 5.84. The Morgan fingerprint density at radius 2 is 2.00 bits per heavy atom. The van der Waals surface area contributed by atoms with E-state index in [1.54, 1.807) is 0 Å². The van der Waals surface area contributed by atoms with Crippen LogP contribution in [0.4, 0.5) is 5.69 Å². The van der Waals surface area contributed by atoms with Crippen LogP contribution in [0.15, 0.2) is 18.2 Å². The molecule has 2 rings (SSSR count). The Bertz CT molecular complexity index is 470. The van der Waals surface area contributed by atoms with Crippen molar-refractivity contribution in [3.63, 3.8) is 0 Å². The van der Waals surface area contributed by atoms with Crippen LogP contribution < -0.4 is 14.4 Å². The molecule has 1 aliphatic heterocycles. The molecule has 0 aromatic heterocycles. The van der Waals surface area contributed by atoms with Crippen LogP contribution in [0.3, 0.4) is 0 Å². The lowest BCUT2D eigenvalue weighted by Gasteiger charge is -2.34. The lowest BCUT2D eigenvalue weighted by atomic mass is 10.0. The predicted octanol–water partition coefficient (Wildman–Crippen LogP) is 1.80. The SMILES string of the molecule is COC(=O)C(C)(C)N(C)c1ccc2c(c1)OCO2. The zero-order valence-electron chi connectivity index (χ0n) is 11.0. The van der Waals surface area contributed by atoms with Crippen LogP contribution in [0, 0.1) is 0 Å². The van der Waals surface area contributed by atoms with Gasteiger partial charge in [-0.3, -0.25) is 0 Å². The molecule has 0 spiro atoms. The van der Waals surface area contributed by atoms with Gasteiger partial charge in [0.1, 0.15) is 5.54 Å². The molecule has 0 atom stereocenters. The second kappa shape index (κ2) is 4.40. The smallest absolute Gasteiger partial charge is 0.331 e. The molecule has 1 aromatic carbocycles. The van der Waals surface area contributed by atoms with Crippen LogP contribution in [0.1, 0.15) is 13.8 Å². The van der Waals surface area contributed by atoms with Crippen LogP contribution >= 0.6 is 0 Å². The zero-order chi connectivity index (χ0) is 13.3. The largest absolute Gasteiger partial charge is 0.467 e. The maximum absolute atomic E-state index is 11.8. The molecule has 0 radical (unpaired) electrons. The molecule has 5 nitrogen and oxygen atoms in total. The standard InChI is InChI=1S/C13H17NO4/c1-13(2,12(15)16-4)14(3)9-5-6-10-11(7-9)18-8-17-10/h5-7H,8H2,1-4H3. The Balaban J connectivity index is 2.28. The van der Waals surface area contributed by atoms with Gasteiger partial charge in [-0.15, -0.1) is 0 Å². The summed E-state index contributed by atoms with van der Waals surface area (Å²) in [6.45, 7) is 3.86. The zero-order valence-corrected chi connectivity index (χ0v) is 11.0. The molecule has 1 aromatic rings. The minimum absolute atomic E-state index is 0.239. The highest BCUT2D eigenvalue weighted by Gasteiger charge is 2.34. The maximum atomic E-state index is 11.8. The van der Waals surface area contributed by atoms with Gasteiger partial charge in [0.2, 0.25) is 6.79 Å². The molecule has 0 bridgehead atoms. The number of carbonyl (C=O) groups excluding carboxylic acids is 1. The number of carbonyl (C=O) groups is 1. The molecule has 0 amide bonds. The van der Waals surface area contributed by atoms with E-state index in [9.17, 15) is 4.79 Å². The number of likely N-dealkylation sites (N-methyl/N-ethyl adjacent to an activating group) is 1. The third-order valence-corrected chi connectivity index (χ3v) is 3.27. The molecule has 1 aliphatic rings. The molecule has 0 unspecified atom stereocenters. The fourth-order valence-corrected chi connectivity index (χ4v) is 1.80. The van der Waals surface area contributed by atoms with Crippen molar-refractivity contribution < 1.29 is 19.0 Å². The fourth-order valence-electron chi connectivity index (χ4n) is 1.80. The highest BCUT2D eigenvalue weighted by Crippen LogP contribution is 2.36. The molecule has 0 fully saturated rings. The van der Waals surface area contributed by atoms with Gasteiger partial charge in [-0.2, -0.15) is 0 Å². The second-order valence-electron chi connectivity index (χ2n) is 4.65. The van der Waals surface area contributed by atoms with Gasteiger partial charge in [-0.1, -0.05) is 0 Å². The Labute approximate surface area is 106 Å². The van der Waals surface area contributed by atoms with E-state index < -0.39 is 5.54 Å². The summed E-state index contributed by atoms with van der Waals surface area (Å²) in [7, 11) is 3.23. The number of fused-ring (bicyclic) bond motifs is 1. The Morgan fingerprint density at radius 1 is 1.33 bits per heavy atom. The molecule has 5 heteroatoms. The molecule has 0 saturated heterocycles. The van der Waals surface area contributed by atoms with Gasteiger partial charge < -0.3 is 19.1 Å². The van der Waals surface area contributed by atoms with E-state index in [0.717, 1.165) is 11.4 Å². The van der Waals surface area contributed by atoms with Crippen LogP contribution in [-0.4, -0.2) is 32.5 Å². The van der Waals surface area contributed by atoms with Crippen LogP contribution in [-0.2, 0) is 9.53 Å². The van der Waals surface area contributed by atoms with E-state index in [-0.39, 0.29) is 12.8 Å². The third kappa shape index (κ3) is 1.96. The number of nitrogens with zero attached hydrogens (tertiary/aromatic N) is 1. The number of hydrogen-bond donors (Lipinski definition) is 0. The number of ether oxygens (including phenoxy) is 3. The summed E-state index contributed by atoms with van der Waals surface area (Å²) in [5, 5.41) is 0. The summed E-state index contributed by atoms with van der Waals surface area (Å²) in [6, 6.07) is 5.58. The van der Waals surface area contributed by atoms with Crippen molar-refractivity contribution in [2.75, 3.05) is 25.9 Å². The van der Waals surface area contributed by atoms with Gasteiger partial charge in [-0.25, -0.2) is 4.79 Å². The normalized spacial score (nSPS) is 13.3.